The van der Waals surface area contributed by atoms with E-state index in [-0.39, 0.29) is 72.9 Å². The molecule has 1 aliphatic carbocycles. The van der Waals surface area contributed by atoms with Gasteiger partial charge in [-0.05, 0) is 172 Å². The third-order valence-corrected chi connectivity index (χ3v) is 27.2. The van der Waals surface area contributed by atoms with Crippen LogP contribution in [-0.4, -0.2) is 29.5 Å². The summed E-state index contributed by atoms with van der Waals surface area (Å²) in [7, 11) is 0. The van der Waals surface area contributed by atoms with Crippen molar-refractivity contribution in [2.45, 2.75) is 280 Å². The molecule has 9 aromatic rings. The van der Waals surface area contributed by atoms with Crippen molar-refractivity contribution in [1.29, 1.82) is 0 Å². The second kappa shape index (κ2) is 42.2. The topological polar surface area (TPSA) is 165 Å². The molecule has 0 radical (unpaired) electrons. The lowest BCUT2D eigenvalue weighted by Crippen LogP contribution is -2.44. The van der Waals surface area contributed by atoms with Crippen LogP contribution in [-0.2, 0) is 35.4 Å². The van der Waals surface area contributed by atoms with E-state index in [0.29, 0.717) is 65.0 Å². The van der Waals surface area contributed by atoms with Crippen LogP contribution < -0.4 is 42.5 Å². The van der Waals surface area contributed by atoms with Gasteiger partial charge in [0.15, 0.2) is 5.78 Å². The molecule has 0 aromatic heterocycles. The molecule has 0 saturated carbocycles. The Kier molecular flexibility index (Phi) is 32.9. The SMILES string of the molecule is C=C1CC(C(C)(C)C)c2ccccc2N1.C=C1Cc2ccccc2C(C(C)(C)C)N1.C=C1NC(C(C)(C)C)Cc2ccccc21.C=C1NC(C(C)(C)C)c2ccccc21.C=C1NCc2ccccc2C1C(C)(C)C.C=C1Nc2ccccc2CC1C(C)(C)C.CC(C)(C)C1C(=O)NC(=O)c2ccccc21.CC(C)(C)C1C(=O)Nc2ccccc21.CC(C)(C)C1CCC(=O)c2ccccc21. The van der Waals surface area contributed by atoms with Crippen molar-refractivity contribution in [1.82, 2.24) is 26.6 Å². The molecule has 0 bridgehead atoms. The van der Waals surface area contributed by atoms with Crippen molar-refractivity contribution in [2.24, 2.45) is 54.7 Å². The molecule has 8 N–H and O–H groups in total. The van der Waals surface area contributed by atoms with E-state index in [4.69, 9.17) is 0 Å². The Bertz CT molecular complexity index is 5670. The van der Waals surface area contributed by atoms with Crippen molar-refractivity contribution in [2.75, 3.05) is 16.0 Å². The van der Waals surface area contributed by atoms with Crippen molar-refractivity contribution >= 4 is 52.0 Å². The van der Waals surface area contributed by atoms with E-state index in [1.54, 1.807) is 6.07 Å². The zero-order chi connectivity index (χ0) is 98.9. The maximum Gasteiger partial charge on any atom is 0.258 e. The Morgan fingerprint density at radius 1 is 0.276 bits per heavy atom. The third kappa shape index (κ3) is 26.4. The number of carbonyl (C=O) groups is 4. The van der Waals surface area contributed by atoms with Gasteiger partial charge in [0.1, 0.15) is 0 Å². The largest absolute Gasteiger partial charge is 0.384 e. The molecule has 3 amide bonds. The summed E-state index contributed by atoms with van der Waals surface area (Å²) in [5, 5.41) is 26.0. The maximum atomic E-state index is 11.9. The zero-order valence-corrected chi connectivity index (χ0v) is 86.3. The van der Waals surface area contributed by atoms with Crippen molar-refractivity contribution in [3.63, 3.8) is 0 Å². The fourth-order valence-electron chi connectivity index (χ4n) is 20.1. The first kappa shape index (κ1) is 105. The number of nitrogens with one attached hydrogen (secondary N) is 8. The van der Waals surface area contributed by atoms with Crippen molar-refractivity contribution in [3.8, 4) is 0 Å². The first-order chi connectivity index (χ1) is 62.3. The van der Waals surface area contributed by atoms with Crippen molar-refractivity contribution < 1.29 is 19.2 Å². The van der Waals surface area contributed by atoms with Gasteiger partial charge in [0.25, 0.3) is 5.91 Å². The van der Waals surface area contributed by atoms with Gasteiger partial charge in [-0.25, -0.2) is 0 Å². The molecule has 0 fully saturated rings. The molecule has 12 heteroatoms. The van der Waals surface area contributed by atoms with Crippen LogP contribution in [0.2, 0.25) is 0 Å². The van der Waals surface area contributed by atoms with Gasteiger partial charge in [-0.1, -0.05) is 421 Å². The number of anilines is 3. The highest BCUT2D eigenvalue weighted by Crippen LogP contribution is 2.50. The molecule has 9 aliphatic rings. The fraction of sp³-hybridized carbons (Fsp3) is 0.426. The molecule has 712 valence electrons. The molecule has 9 atom stereocenters. The van der Waals surface area contributed by atoms with Crippen molar-refractivity contribution in [3.05, 3.63) is 364 Å². The van der Waals surface area contributed by atoms with E-state index in [1.165, 1.54) is 72.6 Å². The monoisotopic (exact) mass is 1800 g/mol. The summed E-state index contributed by atoms with van der Waals surface area (Å²) in [6, 6.07) is 76.0. The first-order valence-corrected chi connectivity index (χ1v) is 48.5. The van der Waals surface area contributed by atoms with Gasteiger partial charge in [-0.2, -0.15) is 0 Å². The number of hydrogen-bond acceptors (Lipinski definition) is 10. The molecule has 8 heterocycles. The van der Waals surface area contributed by atoms with Crippen LogP contribution in [0.1, 0.15) is 341 Å². The van der Waals surface area contributed by atoms with E-state index in [9.17, 15) is 19.2 Å². The Morgan fingerprint density at radius 2 is 0.694 bits per heavy atom. The molecule has 9 unspecified atom stereocenters. The van der Waals surface area contributed by atoms with Crippen LogP contribution in [0.3, 0.4) is 0 Å². The number of imide groups is 1. The van der Waals surface area contributed by atoms with Crippen LogP contribution in [0, 0.1) is 54.7 Å². The van der Waals surface area contributed by atoms with Gasteiger partial charge in [-0.15, -0.1) is 0 Å². The summed E-state index contributed by atoms with van der Waals surface area (Å²) in [4.78, 5) is 47.0. The Balaban J connectivity index is 0.000000156. The second-order valence-corrected chi connectivity index (χ2v) is 47.6. The number of hydrogen-bond donors (Lipinski definition) is 8. The molecule has 9 aromatic carbocycles. The normalized spacial score (nSPS) is 20.7. The molecule has 18 rings (SSSR count). The van der Waals surface area contributed by atoms with E-state index in [1.807, 2.05) is 81.4 Å². The minimum absolute atomic E-state index is 0.0151. The fourth-order valence-corrected chi connectivity index (χ4v) is 20.1. The average molecular weight is 1800 g/mol. The molecule has 8 aliphatic heterocycles. The summed E-state index contributed by atoms with van der Waals surface area (Å²) in [6.07, 6.45) is 5.91. The Labute approximate surface area is 807 Å². The highest BCUT2D eigenvalue weighted by molar-refractivity contribution is 6.11. The molecule has 134 heavy (non-hydrogen) atoms. The summed E-state index contributed by atoms with van der Waals surface area (Å²) in [5.41, 5.74) is 30.3. The van der Waals surface area contributed by atoms with Crippen LogP contribution in [0.4, 0.5) is 17.1 Å². The maximum absolute atomic E-state index is 11.9. The van der Waals surface area contributed by atoms with E-state index in [0.717, 1.165) is 95.2 Å². The highest BCUT2D eigenvalue weighted by atomic mass is 16.2. The van der Waals surface area contributed by atoms with Gasteiger partial charge in [0.05, 0.1) is 23.9 Å². The predicted molar refractivity (Wildman–Crippen MR) is 568 cm³/mol. The average Bonchev–Trinajstić information content (AvgIpc) is 1.36. The Hall–Kier alpha value is -11.5. The minimum atomic E-state index is -0.291. The smallest absolute Gasteiger partial charge is 0.258 e. The van der Waals surface area contributed by atoms with Crippen LogP contribution in [0.5, 0.6) is 0 Å². The number of rotatable bonds is 0. The van der Waals surface area contributed by atoms with E-state index in [2.05, 4.69) is 400 Å². The summed E-state index contributed by atoms with van der Waals surface area (Å²) >= 11 is 0. The lowest BCUT2D eigenvalue weighted by Gasteiger charge is -2.38. The minimum Gasteiger partial charge on any atom is -0.384 e. The molecule has 0 spiro atoms. The number of allylic oxidation sites excluding steroid dienone is 4. The standard InChI is InChI=1S/5C14H19N.C14H18O.C13H15NO2.C13H17N.C12H15NO/c1-10-12(14(2,3)4)9-11-7-5-6-8-13(11)15-10;1-10-13(14(2,3)4)12-8-6-5-7-11(12)9-15-10;1-10-12-8-6-5-7-11(12)9-13(15-10)14(2,3)4;1-10-9-12(14(2,3)4)11-7-5-6-8-13(11)15-10;1-10-9-11-7-5-6-8-12(11)13(15-10)14(2,3)4;1-14(2,3)12-8-9-13(15)11-7-5-4-6-10(11)12;1-13(2,3)10-8-6-4-5-7-9(8)11(15)14-12(10)16;1-9-10-7-5-6-8-11(10)12(14-9)13(2,3)4;1-12(2,3)10-8-6-4-5-7-9(8)13-11(10)14/h5-8,12,15H,1,9H2,2-4H3;2*5-8,13,15H,1,9H2,2-4H3;5-8,12,15H,1,9H2,2-4H3;5-8,13,15H,1,9H2,2-4H3;4-7,12H,8-9H2,1-3H3;4-7,10H,1-3H3,(H,14,15,16);5-8,12,14H,1H2,2-4H3;4-7,10H,1-3H3,(H,13,14). The van der Waals surface area contributed by atoms with Gasteiger partial charge in [0.2, 0.25) is 11.8 Å². The molecule has 0 saturated heterocycles. The van der Waals surface area contributed by atoms with Crippen LogP contribution in [0.15, 0.2) is 281 Å². The second-order valence-electron chi connectivity index (χ2n) is 47.6. The van der Waals surface area contributed by atoms with Gasteiger partial charge >= 0.3 is 0 Å². The molecular weight excluding hydrogens is 1640 g/mol. The quantitative estimate of drug-likeness (QED) is 0.0686. The number of benzene rings is 9. The number of Topliss-reactive ketones (excluding diaryl/α,β-unsaturated/α-hetero) is 1. The summed E-state index contributed by atoms with van der Waals surface area (Å²) in [6.45, 7) is 85.5. The van der Waals surface area contributed by atoms with E-state index >= 15 is 0 Å². The third-order valence-electron chi connectivity index (χ3n) is 27.2. The summed E-state index contributed by atoms with van der Waals surface area (Å²) in [5.74, 6) is 1.70. The van der Waals surface area contributed by atoms with Crippen LogP contribution >= 0.6 is 0 Å². The van der Waals surface area contributed by atoms with Crippen LogP contribution in [0.25, 0.3) is 11.4 Å². The molecular formula is C122H160N8O4. The molecule has 12 nitrogen and oxygen atoms in total. The lowest BCUT2D eigenvalue weighted by molar-refractivity contribution is -0.124. The van der Waals surface area contributed by atoms with Gasteiger partial charge < -0.3 is 37.2 Å². The number of amides is 3. The first-order valence-electron chi connectivity index (χ1n) is 48.5. The number of carbonyl (C=O) groups excluding carboxylic acids is 4. The zero-order valence-electron chi connectivity index (χ0n) is 86.3. The van der Waals surface area contributed by atoms with Gasteiger partial charge in [0, 0.05) is 111 Å². The number of fused-ring (bicyclic) bond motifs is 9. The lowest BCUT2D eigenvalue weighted by atomic mass is 9.69. The number of para-hydroxylation sites is 3. The Morgan fingerprint density at radius 3 is 1.24 bits per heavy atom. The van der Waals surface area contributed by atoms with E-state index < -0.39 is 0 Å². The van der Waals surface area contributed by atoms with Gasteiger partial charge in [-0.3, -0.25) is 24.5 Å². The predicted octanol–water partition coefficient (Wildman–Crippen LogP) is 30.1. The summed E-state index contributed by atoms with van der Waals surface area (Å²) < 4.78 is 0. The number of ketones is 1. The highest BCUT2D eigenvalue weighted by Gasteiger charge is 2.43.